The van der Waals surface area contributed by atoms with Crippen LogP contribution in [0.1, 0.15) is 20.8 Å². The van der Waals surface area contributed by atoms with E-state index < -0.39 is 27.1 Å². The normalized spacial score (nSPS) is 17.4. The molecule has 1 amide bonds. The molecule has 1 heterocycles. The fraction of sp³-hybridized carbons (Fsp3) is 0.875. The smallest absolute Gasteiger partial charge is 0.748 e. The van der Waals surface area contributed by atoms with Crippen LogP contribution in [-0.2, 0) is 14.9 Å². The van der Waals surface area contributed by atoms with Crippen molar-refractivity contribution in [2.75, 3.05) is 13.1 Å². The molecule has 0 saturated carbocycles. The zero-order valence-corrected chi connectivity index (χ0v) is 12.7. The second kappa shape index (κ2) is 5.22. The van der Waals surface area contributed by atoms with Gasteiger partial charge < -0.3 is 14.2 Å². The number of carbonyl (C=O) groups is 1. The second-order valence-corrected chi connectivity index (χ2v) is 6.15. The Labute approximate surface area is 117 Å². The summed E-state index contributed by atoms with van der Waals surface area (Å²) in [6.45, 7) is 5.01. The maximum Gasteiger partial charge on any atom is 1.00 e. The van der Waals surface area contributed by atoms with Gasteiger partial charge in [-0.2, -0.15) is 0 Å². The molecule has 0 bridgehead atoms. The van der Waals surface area contributed by atoms with Crippen LogP contribution in [0.2, 0.25) is 0 Å². The summed E-state index contributed by atoms with van der Waals surface area (Å²) in [5.74, 6) is 0. The van der Waals surface area contributed by atoms with Crippen LogP contribution in [-0.4, -0.2) is 47.9 Å². The number of carbonyl (C=O) groups excluding carboxylic acids is 1. The minimum absolute atomic E-state index is 0. The van der Waals surface area contributed by atoms with Gasteiger partial charge in [-0.1, -0.05) is 0 Å². The van der Waals surface area contributed by atoms with Crippen molar-refractivity contribution in [2.24, 2.45) is 0 Å². The molecule has 1 aliphatic heterocycles. The van der Waals surface area contributed by atoms with E-state index in [1.807, 2.05) is 0 Å². The van der Waals surface area contributed by atoms with Gasteiger partial charge in [0, 0.05) is 13.1 Å². The van der Waals surface area contributed by atoms with Gasteiger partial charge in [0.05, 0.1) is 5.25 Å². The molecule has 6 nitrogen and oxygen atoms in total. The molecule has 1 fully saturated rings. The molecule has 8 heteroatoms. The first-order valence-corrected chi connectivity index (χ1v) is 5.99. The van der Waals surface area contributed by atoms with Crippen LogP contribution < -0.4 is 29.6 Å². The van der Waals surface area contributed by atoms with Gasteiger partial charge in [0.1, 0.15) is 15.7 Å². The Morgan fingerprint density at radius 2 is 1.81 bits per heavy atom. The van der Waals surface area contributed by atoms with Crippen LogP contribution in [0.25, 0.3) is 0 Å². The zero-order valence-electron chi connectivity index (χ0n) is 9.89. The third kappa shape index (κ3) is 4.58. The van der Waals surface area contributed by atoms with Gasteiger partial charge >= 0.3 is 35.7 Å². The number of hydrogen-bond acceptors (Lipinski definition) is 5. The molecular formula is C8H14NNaO5S. The molecule has 1 aliphatic rings. The molecule has 88 valence electrons. The fourth-order valence-corrected chi connectivity index (χ4v) is 1.82. The average Bonchev–Trinajstić information content (AvgIpc) is 1.72. The molecular weight excluding hydrogens is 245 g/mol. The Hall–Kier alpha value is 0.180. The van der Waals surface area contributed by atoms with Crippen molar-refractivity contribution in [3.63, 3.8) is 0 Å². The van der Waals surface area contributed by atoms with Crippen LogP contribution >= 0.6 is 0 Å². The summed E-state index contributed by atoms with van der Waals surface area (Å²) < 4.78 is 36.6. The molecule has 0 aromatic heterocycles. The minimum Gasteiger partial charge on any atom is -0.748 e. The van der Waals surface area contributed by atoms with Crippen molar-refractivity contribution in [1.82, 2.24) is 4.90 Å². The summed E-state index contributed by atoms with van der Waals surface area (Å²) in [5, 5.41) is -0.981. The van der Waals surface area contributed by atoms with Crippen molar-refractivity contribution in [2.45, 2.75) is 31.6 Å². The van der Waals surface area contributed by atoms with Gasteiger partial charge in [-0.3, -0.25) is 0 Å². The Balaban J connectivity index is 0.00000225. The van der Waals surface area contributed by atoms with E-state index in [1.54, 1.807) is 20.8 Å². The molecule has 0 spiro atoms. The van der Waals surface area contributed by atoms with Gasteiger partial charge in [0.25, 0.3) is 0 Å². The van der Waals surface area contributed by atoms with E-state index in [2.05, 4.69) is 0 Å². The molecule has 16 heavy (non-hydrogen) atoms. The molecule has 0 unspecified atom stereocenters. The topological polar surface area (TPSA) is 86.7 Å². The monoisotopic (exact) mass is 259 g/mol. The first kappa shape index (κ1) is 16.2. The van der Waals surface area contributed by atoms with Gasteiger partial charge in [-0.15, -0.1) is 0 Å². The average molecular weight is 259 g/mol. The molecule has 1 saturated heterocycles. The standard InChI is InChI=1S/C8H15NO5S.Na/c1-8(2,3)14-7(10)9-4-6(5-9)15(11,12)13;/h6H,4-5H2,1-3H3,(H,11,12,13);/q;+1/p-1. The van der Waals surface area contributed by atoms with E-state index in [4.69, 9.17) is 4.74 Å². The predicted octanol–water partition coefficient (Wildman–Crippen LogP) is -2.85. The van der Waals surface area contributed by atoms with Crippen LogP contribution in [0.15, 0.2) is 0 Å². The van der Waals surface area contributed by atoms with E-state index in [0.717, 1.165) is 0 Å². The molecule has 0 aromatic carbocycles. The molecule has 0 radical (unpaired) electrons. The van der Waals surface area contributed by atoms with Crippen LogP contribution in [0, 0.1) is 0 Å². The SMILES string of the molecule is CC(C)(C)OC(=O)N1CC(S(=O)(=O)[O-])C1.[Na+]. The summed E-state index contributed by atoms with van der Waals surface area (Å²) in [5.41, 5.74) is -0.613. The number of hydrogen-bond donors (Lipinski definition) is 0. The van der Waals surface area contributed by atoms with Gasteiger partial charge in [-0.25, -0.2) is 13.2 Å². The largest absolute Gasteiger partial charge is 1.00 e. The van der Waals surface area contributed by atoms with Gasteiger partial charge in [0.15, 0.2) is 0 Å². The summed E-state index contributed by atoms with van der Waals surface area (Å²) in [6.07, 6.45) is -0.581. The molecule has 0 aromatic rings. The minimum atomic E-state index is -4.28. The third-order valence-corrected chi connectivity index (χ3v) is 3.02. The maximum atomic E-state index is 11.3. The van der Waals surface area contributed by atoms with E-state index in [-0.39, 0.29) is 42.6 Å². The summed E-state index contributed by atoms with van der Waals surface area (Å²) in [4.78, 5) is 12.5. The van der Waals surface area contributed by atoms with E-state index in [0.29, 0.717) is 0 Å². The molecule has 0 N–H and O–H groups in total. The second-order valence-electron chi connectivity index (χ2n) is 4.50. The Bertz CT molecular complexity index is 355. The van der Waals surface area contributed by atoms with Crippen molar-refractivity contribution < 1.29 is 52.1 Å². The third-order valence-electron chi connectivity index (χ3n) is 1.91. The van der Waals surface area contributed by atoms with Crippen molar-refractivity contribution in [1.29, 1.82) is 0 Å². The number of rotatable bonds is 1. The van der Waals surface area contributed by atoms with Crippen molar-refractivity contribution >= 4 is 16.2 Å². The van der Waals surface area contributed by atoms with Crippen molar-refractivity contribution in [3.8, 4) is 0 Å². The van der Waals surface area contributed by atoms with E-state index in [1.165, 1.54) is 4.90 Å². The summed E-state index contributed by atoms with van der Waals surface area (Å²) in [7, 11) is -4.28. The Morgan fingerprint density at radius 1 is 1.38 bits per heavy atom. The molecule has 1 rings (SSSR count). The fourth-order valence-electron chi connectivity index (χ4n) is 1.10. The number of ether oxygens (including phenoxy) is 1. The first-order valence-electron chi connectivity index (χ1n) is 4.52. The van der Waals surface area contributed by atoms with Crippen molar-refractivity contribution in [3.05, 3.63) is 0 Å². The quantitative estimate of drug-likeness (QED) is 0.374. The predicted molar refractivity (Wildman–Crippen MR) is 51.3 cm³/mol. The first-order chi connectivity index (χ1) is 6.59. The van der Waals surface area contributed by atoms with E-state index in [9.17, 15) is 17.8 Å². The molecule has 0 atom stereocenters. The number of nitrogens with zero attached hydrogens (tertiary/aromatic N) is 1. The van der Waals surface area contributed by atoms with Gasteiger partial charge in [-0.05, 0) is 20.8 Å². The zero-order chi connectivity index (χ0) is 11.9. The number of amides is 1. The van der Waals surface area contributed by atoms with Crippen LogP contribution in [0.3, 0.4) is 0 Å². The number of likely N-dealkylation sites (tertiary alicyclic amines) is 1. The van der Waals surface area contributed by atoms with Gasteiger partial charge in [0.2, 0.25) is 0 Å². The summed E-state index contributed by atoms with van der Waals surface area (Å²) in [6, 6.07) is 0. The Morgan fingerprint density at radius 3 is 2.12 bits per heavy atom. The Kier molecular flexibility index (Phi) is 5.28. The maximum absolute atomic E-state index is 11.3. The van der Waals surface area contributed by atoms with Crippen LogP contribution in [0.5, 0.6) is 0 Å². The van der Waals surface area contributed by atoms with Crippen LogP contribution in [0.4, 0.5) is 4.79 Å². The van der Waals surface area contributed by atoms with E-state index >= 15 is 0 Å². The summed E-state index contributed by atoms with van der Waals surface area (Å²) >= 11 is 0. The molecule has 0 aliphatic carbocycles.